The maximum atomic E-state index is 13.6. The average molecular weight is 266 g/mol. The molecular formula is C12H14F4O2. The summed E-state index contributed by atoms with van der Waals surface area (Å²) in [5.74, 6) is -1.68. The zero-order valence-electron chi connectivity index (χ0n) is 9.80. The van der Waals surface area contributed by atoms with Gasteiger partial charge in [-0.05, 0) is 18.6 Å². The van der Waals surface area contributed by atoms with E-state index in [1.165, 1.54) is 13.0 Å². The van der Waals surface area contributed by atoms with Crippen LogP contribution in [0.5, 0.6) is 0 Å². The Balaban J connectivity index is 2.61. The van der Waals surface area contributed by atoms with Gasteiger partial charge in [0.15, 0.2) is 0 Å². The molecule has 0 bridgehead atoms. The minimum absolute atomic E-state index is 0.149. The zero-order valence-corrected chi connectivity index (χ0v) is 9.80. The molecule has 0 amide bonds. The fourth-order valence-corrected chi connectivity index (χ4v) is 1.50. The van der Waals surface area contributed by atoms with Crippen molar-refractivity contribution in [3.63, 3.8) is 0 Å². The summed E-state index contributed by atoms with van der Waals surface area (Å²) in [6.07, 6.45) is -4.17. The summed E-state index contributed by atoms with van der Waals surface area (Å²) >= 11 is 0. The second-order valence-corrected chi connectivity index (χ2v) is 3.86. The summed E-state index contributed by atoms with van der Waals surface area (Å²) in [5, 5.41) is 9.62. The minimum Gasteiger partial charge on any atom is -0.388 e. The van der Waals surface area contributed by atoms with Crippen LogP contribution in [0.25, 0.3) is 0 Å². The molecule has 0 fully saturated rings. The molecule has 1 unspecified atom stereocenters. The second-order valence-electron chi connectivity index (χ2n) is 3.86. The fraction of sp³-hybridized carbons (Fsp3) is 0.500. The molecule has 6 heteroatoms. The summed E-state index contributed by atoms with van der Waals surface area (Å²) in [4.78, 5) is 0. The molecule has 1 atom stereocenters. The highest BCUT2D eigenvalue weighted by molar-refractivity contribution is 5.28. The lowest BCUT2D eigenvalue weighted by atomic mass is 10.0. The Bertz CT molecular complexity index is 396. The number of hydrogen-bond donors (Lipinski definition) is 1. The number of ether oxygens (including phenoxy) is 1. The number of alkyl halides is 2. The van der Waals surface area contributed by atoms with Crippen LogP contribution in [-0.2, 0) is 4.74 Å². The summed E-state index contributed by atoms with van der Waals surface area (Å²) < 4.78 is 55.0. The monoisotopic (exact) mass is 266 g/mol. The normalized spacial score (nSPS) is 13.1. The van der Waals surface area contributed by atoms with Crippen LogP contribution in [0.3, 0.4) is 0 Å². The quantitative estimate of drug-likeness (QED) is 0.633. The Morgan fingerprint density at radius 3 is 2.56 bits per heavy atom. The molecule has 18 heavy (non-hydrogen) atoms. The van der Waals surface area contributed by atoms with E-state index in [9.17, 15) is 22.7 Å². The number of halogens is 4. The molecule has 0 saturated carbocycles. The number of aliphatic hydroxyl groups is 1. The molecule has 0 spiro atoms. The van der Waals surface area contributed by atoms with Gasteiger partial charge in [-0.15, -0.1) is 0 Å². The van der Waals surface area contributed by atoms with E-state index < -0.39 is 36.3 Å². The van der Waals surface area contributed by atoms with Crippen molar-refractivity contribution in [2.75, 3.05) is 13.2 Å². The van der Waals surface area contributed by atoms with E-state index >= 15 is 0 Å². The summed E-state index contributed by atoms with van der Waals surface area (Å²) in [6, 6.07) is 2.31. The minimum atomic E-state index is -2.60. The lowest BCUT2D eigenvalue weighted by molar-refractivity contribution is 0.00410. The van der Waals surface area contributed by atoms with Crippen molar-refractivity contribution < 1.29 is 27.4 Å². The van der Waals surface area contributed by atoms with E-state index in [0.717, 1.165) is 6.07 Å². The topological polar surface area (TPSA) is 29.5 Å². The smallest absolute Gasteiger partial charge is 0.261 e. The maximum absolute atomic E-state index is 13.6. The molecule has 0 aromatic heterocycles. The van der Waals surface area contributed by atoms with Crippen molar-refractivity contribution in [3.8, 4) is 0 Å². The predicted molar refractivity (Wildman–Crippen MR) is 57.5 cm³/mol. The van der Waals surface area contributed by atoms with Crippen LogP contribution in [0.4, 0.5) is 17.6 Å². The zero-order chi connectivity index (χ0) is 13.7. The van der Waals surface area contributed by atoms with E-state index in [4.69, 9.17) is 0 Å². The molecule has 0 aliphatic carbocycles. The van der Waals surface area contributed by atoms with Crippen LogP contribution < -0.4 is 0 Å². The van der Waals surface area contributed by atoms with Crippen molar-refractivity contribution in [2.45, 2.75) is 25.9 Å². The molecule has 1 N–H and O–H groups in total. The van der Waals surface area contributed by atoms with Gasteiger partial charge < -0.3 is 9.84 Å². The van der Waals surface area contributed by atoms with Crippen molar-refractivity contribution in [2.24, 2.45) is 0 Å². The van der Waals surface area contributed by atoms with Crippen molar-refractivity contribution >= 4 is 0 Å². The van der Waals surface area contributed by atoms with Crippen LogP contribution in [-0.4, -0.2) is 24.7 Å². The first kappa shape index (κ1) is 14.9. The Morgan fingerprint density at radius 1 is 1.28 bits per heavy atom. The maximum Gasteiger partial charge on any atom is 0.261 e. The lowest BCUT2D eigenvalue weighted by Crippen LogP contribution is -2.11. The highest BCUT2D eigenvalue weighted by Crippen LogP contribution is 2.25. The van der Waals surface area contributed by atoms with Crippen molar-refractivity contribution in [1.29, 1.82) is 0 Å². The third kappa shape index (κ3) is 3.96. The Labute approximate surface area is 102 Å². The first-order chi connectivity index (χ1) is 8.43. The summed E-state index contributed by atoms with van der Waals surface area (Å²) in [5.41, 5.74) is -0.241. The molecule has 102 valence electrons. The van der Waals surface area contributed by atoms with Gasteiger partial charge >= 0.3 is 0 Å². The average Bonchev–Trinajstić information content (AvgIpc) is 2.30. The van der Waals surface area contributed by atoms with Crippen LogP contribution in [0, 0.1) is 18.6 Å². The van der Waals surface area contributed by atoms with Crippen molar-refractivity contribution in [1.82, 2.24) is 0 Å². The number of aliphatic hydroxyl groups excluding tert-OH is 1. The molecule has 1 aromatic rings. The van der Waals surface area contributed by atoms with Gasteiger partial charge in [0.05, 0.1) is 11.7 Å². The van der Waals surface area contributed by atoms with Gasteiger partial charge in [-0.3, -0.25) is 0 Å². The lowest BCUT2D eigenvalue weighted by Gasteiger charge is -2.14. The molecule has 0 aliphatic rings. The summed E-state index contributed by atoms with van der Waals surface area (Å²) in [7, 11) is 0. The van der Waals surface area contributed by atoms with Gasteiger partial charge in [0.25, 0.3) is 6.43 Å². The van der Waals surface area contributed by atoms with Crippen LogP contribution in [0.15, 0.2) is 12.1 Å². The standard InChI is InChI=1S/C12H14F4O2/c1-7-2-3-8(13)11(12(7)16)9(17)4-5-18-6-10(14)15/h2-3,9-10,17H,4-6H2,1H3. The highest BCUT2D eigenvalue weighted by atomic mass is 19.3. The first-order valence-corrected chi connectivity index (χ1v) is 5.42. The van der Waals surface area contributed by atoms with E-state index in [1.54, 1.807) is 0 Å². The molecule has 2 nitrogen and oxygen atoms in total. The van der Waals surface area contributed by atoms with Crippen molar-refractivity contribution in [3.05, 3.63) is 34.9 Å². The van der Waals surface area contributed by atoms with Gasteiger partial charge in [0.1, 0.15) is 18.2 Å². The van der Waals surface area contributed by atoms with Gasteiger partial charge in [-0.25, -0.2) is 17.6 Å². The number of aryl methyl sites for hydroxylation is 1. The van der Waals surface area contributed by atoms with Gasteiger partial charge in [-0.2, -0.15) is 0 Å². The number of rotatable bonds is 6. The van der Waals surface area contributed by atoms with E-state index in [2.05, 4.69) is 4.74 Å². The van der Waals surface area contributed by atoms with E-state index in [0.29, 0.717) is 0 Å². The van der Waals surface area contributed by atoms with Gasteiger partial charge in [-0.1, -0.05) is 6.07 Å². The van der Waals surface area contributed by atoms with Crippen LogP contribution in [0.2, 0.25) is 0 Å². The SMILES string of the molecule is Cc1ccc(F)c(C(O)CCOCC(F)F)c1F. The highest BCUT2D eigenvalue weighted by Gasteiger charge is 2.19. The molecule has 1 rings (SSSR count). The van der Waals surface area contributed by atoms with E-state index in [-0.39, 0.29) is 18.6 Å². The van der Waals surface area contributed by atoms with E-state index in [1.807, 2.05) is 0 Å². The first-order valence-electron chi connectivity index (χ1n) is 5.42. The largest absolute Gasteiger partial charge is 0.388 e. The summed E-state index contributed by atoms with van der Waals surface area (Å²) in [6.45, 7) is 0.488. The molecular weight excluding hydrogens is 252 g/mol. The Morgan fingerprint density at radius 2 is 1.94 bits per heavy atom. The molecule has 0 heterocycles. The fourth-order valence-electron chi connectivity index (χ4n) is 1.50. The Hall–Kier alpha value is -1.14. The second kappa shape index (κ2) is 6.70. The molecule has 0 saturated heterocycles. The number of benzene rings is 1. The third-order valence-electron chi connectivity index (χ3n) is 2.43. The van der Waals surface area contributed by atoms with Gasteiger partial charge in [0, 0.05) is 13.0 Å². The number of hydrogen-bond acceptors (Lipinski definition) is 2. The third-order valence-corrected chi connectivity index (χ3v) is 2.43. The Kier molecular flexibility index (Phi) is 5.55. The van der Waals surface area contributed by atoms with Gasteiger partial charge in [0.2, 0.25) is 0 Å². The molecule has 0 radical (unpaired) electrons. The molecule has 0 aliphatic heterocycles. The predicted octanol–water partition coefficient (Wildman–Crippen LogP) is 2.98. The molecule has 1 aromatic carbocycles. The van der Waals surface area contributed by atoms with Crippen LogP contribution in [0.1, 0.15) is 23.7 Å². The van der Waals surface area contributed by atoms with Crippen LogP contribution >= 0.6 is 0 Å².